The van der Waals surface area contributed by atoms with Gasteiger partial charge in [0.1, 0.15) is 12.6 Å². The highest BCUT2D eigenvalue weighted by molar-refractivity contribution is 9.08. The zero-order valence-corrected chi connectivity index (χ0v) is 20.2. The zero-order chi connectivity index (χ0) is 24.5. The Bertz CT molecular complexity index is 1270. The topological polar surface area (TPSA) is 84.0 Å². The maximum atomic E-state index is 13.9. The van der Waals surface area contributed by atoms with Crippen molar-refractivity contribution >= 4 is 39.7 Å². The van der Waals surface area contributed by atoms with Crippen LogP contribution in [0.15, 0.2) is 78.9 Å². The summed E-state index contributed by atoms with van der Waals surface area (Å²) in [5.74, 6) is -2.38. The largest absolute Gasteiger partial charge is 0.446 e. The third-order valence-corrected chi connectivity index (χ3v) is 7.02. The first-order valence-corrected chi connectivity index (χ1v) is 12.3. The molecule has 0 unspecified atom stereocenters. The van der Waals surface area contributed by atoms with E-state index in [0.29, 0.717) is 22.0 Å². The molecular weight excluding hydrogens is 512 g/mol. The molecule has 0 aliphatic carbocycles. The van der Waals surface area contributed by atoms with Gasteiger partial charge in [0.15, 0.2) is 0 Å². The van der Waals surface area contributed by atoms with Gasteiger partial charge in [0.25, 0.3) is 11.8 Å². The Morgan fingerprint density at radius 2 is 1.49 bits per heavy atom. The highest BCUT2D eigenvalue weighted by Crippen LogP contribution is 2.33. The number of carbonyl (C=O) groups excluding carboxylic acids is 4. The molecule has 4 amide bonds. The first-order chi connectivity index (χ1) is 17.0. The molecule has 0 saturated carbocycles. The van der Waals surface area contributed by atoms with E-state index in [9.17, 15) is 19.2 Å². The molecule has 3 aromatic carbocycles. The van der Waals surface area contributed by atoms with Crippen molar-refractivity contribution in [2.75, 3.05) is 13.2 Å². The minimum absolute atomic E-state index is 0.0385. The van der Waals surface area contributed by atoms with Crippen LogP contribution in [0.3, 0.4) is 0 Å². The standard InChI is InChI=1S/C27H21BrN2O5/c28-14-17-10-12-18(13-11-17)22(15-29-24(31)20-8-4-5-9-21(20)25(29)32)26(33)30-23(16-35-27(30)34)19-6-2-1-3-7-19/h1-13,22-23H,14-16H2/t22-,23+/m1/s1. The van der Waals surface area contributed by atoms with E-state index in [-0.39, 0.29) is 13.2 Å². The van der Waals surface area contributed by atoms with E-state index in [2.05, 4.69) is 15.9 Å². The van der Waals surface area contributed by atoms with E-state index >= 15 is 0 Å². The number of carbonyl (C=O) groups is 4. The average molecular weight is 533 g/mol. The Hall–Kier alpha value is -3.78. The summed E-state index contributed by atoms with van der Waals surface area (Å²) < 4.78 is 5.25. The predicted octanol–water partition coefficient (Wildman–Crippen LogP) is 4.68. The first-order valence-electron chi connectivity index (χ1n) is 11.1. The third kappa shape index (κ3) is 4.14. The minimum atomic E-state index is -0.946. The van der Waals surface area contributed by atoms with Crippen molar-refractivity contribution in [2.24, 2.45) is 0 Å². The molecule has 1 fully saturated rings. The van der Waals surface area contributed by atoms with Gasteiger partial charge in [-0.3, -0.25) is 19.3 Å². The van der Waals surface area contributed by atoms with Gasteiger partial charge >= 0.3 is 6.09 Å². The second-order valence-electron chi connectivity index (χ2n) is 8.41. The van der Waals surface area contributed by atoms with Crippen molar-refractivity contribution in [3.05, 3.63) is 107 Å². The number of benzene rings is 3. The maximum Gasteiger partial charge on any atom is 0.417 e. The van der Waals surface area contributed by atoms with Gasteiger partial charge in [-0.15, -0.1) is 0 Å². The molecule has 2 aliphatic heterocycles. The van der Waals surface area contributed by atoms with Crippen LogP contribution >= 0.6 is 15.9 Å². The van der Waals surface area contributed by atoms with Crippen LogP contribution < -0.4 is 0 Å². The first kappa shape index (κ1) is 23.0. The van der Waals surface area contributed by atoms with Crippen LogP contribution in [0.4, 0.5) is 4.79 Å². The maximum absolute atomic E-state index is 13.9. The highest BCUT2D eigenvalue weighted by Gasteiger charge is 2.44. The molecule has 0 radical (unpaired) electrons. The number of halogens is 1. The van der Waals surface area contributed by atoms with E-state index in [0.717, 1.165) is 20.9 Å². The number of hydrogen-bond acceptors (Lipinski definition) is 5. The zero-order valence-electron chi connectivity index (χ0n) is 18.6. The molecule has 8 heteroatoms. The van der Waals surface area contributed by atoms with E-state index in [1.807, 2.05) is 42.5 Å². The summed E-state index contributed by atoms with van der Waals surface area (Å²) in [6.07, 6.45) is -0.742. The van der Waals surface area contributed by atoms with Gasteiger partial charge in [0.2, 0.25) is 5.91 Å². The monoisotopic (exact) mass is 532 g/mol. The van der Waals surface area contributed by atoms with Crippen molar-refractivity contribution in [3.8, 4) is 0 Å². The number of amides is 4. The lowest BCUT2D eigenvalue weighted by molar-refractivity contribution is -0.131. The molecule has 0 N–H and O–H groups in total. The summed E-state index contributed by atoms with van der Waals surface area (Å²) in [4.78, 5) is 54.9. The Labute approximate surface area is 210 Å². The van der Waals surface area contributed by atoms with Crippen molar-refractivity contribution < 1.29 is 23.9 Å². The van der Waals surface area contributed by atoms with Gasteiger partial charge < -0.3 is 4.74 Å². The fraction of sp³-hybridized carbons (Fsp3) is 0.185. The Morgan fingerprint density at radius 3 is 2.09 bits per heavy atom. The number of ether oxygens (including phenoxy) is 1. The Kier molecular flexibility index (Phi) is 6.21. The predicted molar refractivity (Wildman–Crippen MR) is 131 cm³/mol. The van der Waals surface area contributed by atoms with Gasteiger partial charge in [0.05, 0.1) is 17.0 Å². The highest BCUT2D eigenvalue weighted by atomic mass is 79.9. The minimum Gasteiger partial charge on any atom is -0.446 e. The molecular formula is C27H21BrN2O5. The Balaban J connectivity index is 1.51. The van der Waals surface area contributed by atoms with Crippen molar-refractivity contribution in [1.82, 2.24) is 9.80 Å². The smallest absolute Gasteiger partial charge is 0.417 e. The fourth-order valence-electron chi connectivity index (χ4n) is 4.51. The SMILES string of the molecule is O=C1c2ccccc2C(=O)N1C[C@@H](C(=O)N1C(=O)OC[C@H]1c1ccccc1)c1ccc(CBr)cc1. The van der Waals surface area contributed by atoms with Gasteiger partial charge in [-0.25, -0.2) is 9.69 Å². The van der Waals surface area contributed by atoms with Crippen LogP contribution in [0.25, 0.3) is 0 Å². The van der Waals surface area contributed by atoms with Gasteiger partial charge in [-0.1, -0.05) is 82.7 Å². The molecule has 1 saturated heterocycles. The summed E-state index contributed by atoms with van der Waals surface area (Å²) in [6.45, 7) is -0.152. The average Bonchev–Trinajstić information content (AvgIpc) is 3.40. The van der Waals surface area contributed by atoms with Crippen LogP contribution in [0, 0.1) is 0 Å². The molecule has 5 rings (SSSR count). The second kappa shape index (κ2) is 9.46. The van der Waals surface area contributed by atoms with E-state index in [1.54, 1.807) is 36.4 Å². The molecule has 2 atom stereocenters. The van der Waals surface area contributed by atoms with Gasteiger partial charge in [-0.2, -0.15) is 0 Å². The molecule has 0 spiro atoms. The van der Waals surface area contributed by atoms with Crippen LogP contribution in [0.2, 0.25) is 0 Å². The summed E-state index contributed by atoms with van der Waals surface area (Å²) in [6, 6.07) is 22.5. The van der Waals surface area contributed by atoms with Crippen LogP contribution in [-0.2, 0) is 14.9 Å². The summed E-state index contributed by atoms with van der Waals surface area (Å²) in [7, 11) is 0. The number of imide groups is 2. The molecule has 176 valence electrons. The lowest BCUT2D eigenvalue weighted by atomic mass is 9.94. The number of fused-ring (bicyclic) bond motifs is 1. The van der Waals surface area contributed by atoms with E-state index in [4.69, 9.17) is 4.74 Å². The fourth-order valence-corrected chi connectivity index (χ4v) is 4.88. The van der Waals surface area contributed by atoms with Crippen molar-refractivity contribution in [2.45, 2.75) is 17.3 Å². The van der Waals surface area contributed by atoms with Gasteiger partial charge in [-0.05, 0) is 28.8 Å². The molecule has 35 heavy (non-hydrogen) atoms. The number of nitrogens with zero attached hydrogens (tertiary/aromatic N) is 2. The number of alkyl halides is 1. The molecule has 7 nitrogen and oxygen atoms in total. The van der Waals surface area contributed by atoms with Crippen molar-refractivity contribution in [3.63, 3.8) is 0 Å². The van der Waals surface area contributed by atoms with Crippen LogP contribution in [0.5, 0.6) is 0 Å². The lowest BCUT2D eigenvalue weighted by Crippen LogP contribution is -2.43. The second-order valence-corrected chi connectivity index (χ2v) is 8.97. The quantitative estimate of drug-likeness (QED) is 0.340. The number of hydrogen-bond donors (Lipinski definition) is 0. The summed E-state index contributed by atoms with van der Waals surface area (Å²) >= 11 is 3.41. The molecule has 3 aromatic rings. The number of rotatable bonds is 6. The van der Waals surface area contributed by atoms with E-state index < -0.39 is 35.8 Å². The van der Waals surface area contributed by atoms with E-state index in [1.165, 1.54) is 0 Å². The molecule has 0 aromatic heterocycles. The number of cyclic esters (lactones) is 1. The Morgan fingerprint density at radius 1 is 0.886 bits per heavy atom. The normalized spacial score (nSPS) is 18.0. The van der Waals surface area contributed by atoms with Crippen LogP contribution in [-0.4, -0.2) is 46.8 Å². The summed E-state index contributed by atoms with van der Waals surface area (Å²) in [5.41, 5.74) is 2.98. The molecule has 0 bridgehead atoms. The lowest BCUT2D eigenvalue weighted by Gasteiger charge is -2.28. The van der Waals surface area contributed by atoms with Crippen molar-refractivity contribution in [1.29, 1.82) is 0 Å². The summed E-state index contributed by atoms with van der Waals surface area (Å²) in [5, 5.41) is 0.638. The third-order valence-electron chi connectivity index (χ3n) is 6.37. The molecule has 2 heterocycles. The van der Waals surface area contributed by atoms with Crippen LogP contribution in [0.1, 0.15) is 49.4 Å². The molecule has 2 aliphatic rings. The van der Waals surface area contributed by atoms with Gasteiger partial charge in [0, 0.05) is 11.9 Å².